The summed E-state index contributed by atoms with van der Waals surface area (Å²) in [4.78, 5) is 10.7. The molecular weight excluding hydrogens is 267 g/mol. The monoisotopic (exact) mass is 276 g/mol. The summed E-state index contributed by atoms with van der Waals surface area (Å²) in [7, 11) is 0. The van der Waals surface area contributed by atoms with Gasteiger partial charge < -0.3 is 5.11 Å². The van der Waals surface area contributed by atoms with E-state index >= 15 is 0 Å². The van der Waals surface area contributed by atoms with Crippen molar-refractivity contribution in [2.75, 3.05) is 0 Å². The van der Waals surface area contributed by atoms with Gasteiger partial charge >= 0.3 is 0 Å². The van der Waals surface area contributed by atoms with Crippen molar-refractivity contribution in [1.29, 1.82) is 0 Å². The Kier molecular flexibility index (Phi) is 3.68. The van der Waals surface area contributed by atoms with E-state index in [1.807, 2.05) is 30.3 Å². The molecule has 0 aliphatic rings. The fraction of sp³-hybridized carbons (Fsp3) is 0.222. The predicted molar refractivity (Wildman–Crippen MR) is 55.2 cm³/mol. The lowest BCUT2D eigenvalue weighted by atomic mass is 10.1. The Bertz CT molecular complexity index is 258. The maximum absolute atomic E-state index is 10.7. The first-order valence-corrected chi connectivity index (χ1v) is 4.69. The lowest BCUT2D eigenvalue weighted by Gasteiger charge is -2.04. The van der Waals surface area contributed by atoms with Gasteiger partial charge in [0.15, 0.2) is 0 Å². The second-order valence-corrected chi connectivity index (χ2v) is 3.57. The van der Waals surface area contributed by atoms with Crippen molar-refractivity contribution in [3.05, 3.63) is 35.9 Å². The Morgan fingerprint density at radius 2 is 2.00 bits per heavy atom. The van der Waals surface area contributed by atoms with Crippen LogP contribution >= 0.6 is 22.6 Å². The highest BCUT2D eigenvalue weighted by atomic mass is 127. The van der Waals surface area contributed by atoms with Crippen LogP contribution in [0.3, 0.4) is 0 Å². The van der Waals surface area contributed by atoms with Gasteiger partial charge in [-0.2, -0.15) is 0 Å². The van der Waals surface area contributed by atoms with Gasteiger partial charge in [0, 0.05) is 29.0 Å². The number of carbonyl (C=O) groups excluding carboxylic acids is 1. The Morgan fingerprint density at radius 1 is 1.42 bits per heavy atom. The van der Waals surface area contributed by atoms with Crippen LogP contribution in [0.5, 0.6) is 0 Å². The molecule has 0 aliphatic heterocycles. The highest BCUT2D eigenvalue weighted by Crippen LogP contribution is 2.05. The number of aliphatic hydroxyl groups excluding tert-OH is 1. The van der Waals surface area contributed by atoms with E-state index in [2.05, 4.69) is 0 Å². The first-order chi connectivity index (χ1) is 5.70. The smallest absolute Gasteiger partial charge is 0.220 e. The largest absolute Gasteiger partial charge is 0.384 e. The number of hydrogen-bond acceptors (Lipinski definition) is 2. The summed E-state index contributed by atoms with van der Waals surface area (Å²) >= 11 is 1.61. The zero-order chi connectivity index (χ0) is 8.97. The molecule has 2 nitrogen and oxygen atoms in total. The van der Waals surface area contributed by atoms with Crippen LogP contribution < -0.4 is 0 Å². The molecule has 0 unspecified atom stereocenters. The highest BCUT2D eigenvalue weighted by Gasteiger charge is 2.10. The van der Waals surface area contributed by atoms with Gasteiger partial charge in [0.2, 0.25) is 3.79 Å². The predicted octanol–water partition coefficient (Wildman–Crippen LogP) is 1.55. The van der Waals surface area contributed by atoms with Gasteiger partial charge in [-0.05, 0) is 5.56 Å². The summed E-state index contributed by atoms with van der Waals surface area (Å²) in [6.45, 7) is 0. The molecule has 1 atom stereocenters. The zero-order valence-corrected chi connectivity index (χ0v) is 8.56. The van der Waals surface area contributed by atoms with Gasteiger partial charge in [-0.1, -0.05) is 30.3 Å². The molecule has 3 heteroatoms. The van der Waals surface area contributed by atoms with Crippen LogP contribution in [0, 0.1) is 0 Å². The Morgan fingerprint density at radius 3 is 2.50 bits per heavy atom. The van der Waals surface area contributed by atoms with Crippen LogP contribution in [0.1, 0.15) is 5.56 Å². The van der Waals surface area contributed by atoms with Crippen LogP contribution in [0.25, 0.3) is 0 Å². The van der Waals surface area contributed by atoms with Crippen molar-refractivity contribution in [3.63, 3.8) is 0 Å². The van der Waals surface area contributed by atoms with Gasteiger partial charge in [0.1, 0.15) is 6.10 Å². The van der Waals surface area contributed by atoms with Crippen molar-refractivity contribution < 1.29 is 9.90 Å². The number of rotatable bonds is 3. The van der Waals surface area contributed by atoms with Crippen molar-refractivity contribution in [2.24, 2.45) is 0 Å². The van der Waals surface area contributed by atoms with Crippen LogP contribution in [0.4, 0.5) is 0 Å². The first-order valence-electron chi connectivity index (χ1n) is 3.61. The quantitative estimate of drug-likeness (QED) is 0.672. The van der Waals surface area contributed by atoms with E-state index in [4.69, 9.17) is 0 Å². The van der Waals surface area contributed by atoms with Crippen LogP contribution in [-0.4, -0.2) is 15.0 Å². The minimum atomic E-state index is -0.868. The molecule has 0 aromatic heterocycles. The number of aliphatic hydroxyl groups is 1. The van der Waals surface area contributed by atoms with Gasteiger partial charge in [-0.3, -0.25) is 4.79 Å². The molecular formula is C9H9IO2. The van der Waals surface area contributed by atoms with Crippen LogP contribution in [0.15, 0.2) is 30.3 Å². The molecule has 1 aromatic carbocycles. The molecule has 12 heavy (non-hydrogen) atoms. The molecule has 0 spiro atoms. The molecule has 1 N–H and O–H groups in total. The molecule has 0 saturated carbocycles. The lowest BCUT2D eigenvalue weighted by Crippen LogP contribution is -2.17. The summed E-state index contributed by atoms with van der Waals surface area (Å²) in [6, 6.07) is 9.47. The fourth-order valence-corrected chi connectivity index (χ4v) is 1.14. The number of hydrogen-bond donors (Lipinski definition) is 1. The maximum atomic E-state index is 10.7. The van der Waals surface area contributed by atoms with Crippen LogP contribution in [-0.2, 0) is 11.2 Å². The fourth-order valence-electron chi connectivity index (χ4n) is 0.918. The normalized spacial score (nSPS) is 12.5. The van der Waals surface area contributed by atoms with E-state index in [0.717, 1.165) is 5.56 Å². The molecule has 64 valence electrons. The minimum Gasteiger partial charge on any atom is -0.384 e. The molecule has 0 fully saturated rings. The van der Waals surface area contributed by atoms with Crippen molar-refractivity contribution in [1.82, 2.24) is 0 Å². The number of benzene rings is 1. The first kappa shape index (κ1) is 9.67. The van der Waals surface area contributed by atoms with Gasteiger partial charge in [0.25, 0.3) is 0 Å². The van der Waals surface area contributed by atoms with E-state index in [1.54, 1.807) is 22.6 Å². The third-order valence-electron chi connectivity index (χ3n) is 1.53. The summed E-state index contributed by atoms with van der Waals surface area (Å²) in [5, 5.41) is 9.22. The molecule has 1 aromatic rings. The van der Waals surface area contributed by atoms with E-state index in [1.165, 1.54) is 0 Å². The molecule has 0 saturated heterocycles. The summed E-state index contributed by atoms with van der Waals surface area (Å²) < 4.78 is -0.212. The van der Waals surface area contributed by atoms with E-state index < -0.39 is 6.10 Å². The molecule has 0 aliphatic carbocycles. The van der Waals surface area contributed by atoms with Crippen LogP contribution in [0.2, 0.25) is 0 Å². The van der Waals surface area contributed by atoms with E-state index in [9.17, 15) is 9.90 Å². The van der Waals surface area contributed by atoms with Crippen molar-refractivity contribution in [3.8, 4) is 0 Å². The molecule has 0 bridgehead atoms. The average Bonchev–Trinajstić information content (AvgIpc) is 2.06. The second-order valence-electron chi connectivity index (χ2n) is 2.51. The Balaban J connectivity index is 2.58. The molecule has 0 radical (unpaired) electrons. The van der Waals surface area contributed by atoms with E-state index in [0.29, 0.717) is 6.42 Å². The average molecular weight is 276 g/mol. The number of carbonyl (C=O) groups is 1. The Labute approximate surface area is 84.7 Å². The minimum absolute atomic E-state index is 0.212. The SMILES string of the molecule is O=C(I)[C@@H](O)Cc1ccccc1. The molecule has 0 amide bonds. The van der Waals surface area contributed by atoms with Gasteiger partial charge in [0.05, 0.1) is 0 Å². The maximum Gasteiger partial charge on any atom is 0.220 e. The summed E-state index contributed by atoms with van der Waals surface area (Å²) in [5.41, 5.74) is 0.981. The lowest BCUT2D eigenvalue weighted by molar-refractivity contribution is -0.116. The molecule has 0 heterocycles. The Hall–Kier alpha value is -0.420. The summed E-state index contributed by atoms with van der Waals surface area (Å²) in [6.07, 6.45) is -0.462. The van der Waals surface area contributed by atoms with Crippen molar-refractivity contribution in [2.45, 2.75) is 12.5 Å². The molecule has 1 rings (SSSR count). The second kappa shape index (κ2) is 4.57. The third kappa shape index (κ3) is 2.91. The van der Waals surface area contributed by atoms with Gasteiger partial charge in [-0.15, -0.1) is 0 Å². The number of halogens is 1. The highest BCUT2D eigenvalue weighted by molar-refractivity contribution is 14.1. The third-order valence-corrected chi connectivity index (χ3v) is 2.25. The van der Waals surface area contributed by atoms with Gasteiger partial charge in [-0.25, -0.2) is 0 Å². The summed E-state index contributed by atoms with van der Waals surface area (Å²) in [5.74, 6) is 0. The zero-order valence-electron chi connectivity index (χ0n) is 6.40. The standard InChI is InChI=1S/C9H9IO2/c10-9(12)8(11)6-7-4-2-1-3-5-7/h1-5,8,11H,6H2/t8-/m0/s1. The van der Waals surface area contributed by atoms with E-state index in [-0.39, 0.29) is 3.79 Å². The topological polar surface area (TPSA) is 37.3 Å². The van der Waals surface area contributed by atoms with Crippen molar-refractivity contribution >= 4 is 26.4 Å².